The van der Waals surface area contributed by atoms with Gasteiger partial charge in [0.15, 0.2) is 0 Å². The normalized spacial score (nSPS) is 11.9. The molecule has 1 aromatic carbocycles. The van der Waals surface area contributed by atoms with E-state index in [2.05, 4.69) is 20.9 Å². The Morgan fingerprint density at radius 3 is 2.75 bits per heavy atom. The average Bonchev–Trinajstić information content (AvgIpc) is 2.45. The van der Waals surface area contributed by atoms with Gasteiger partial charge in [0.1, 0.15) is 11.7 Å². The van der Waals surface area contributed by atoms with E-state index < -0.39 is 11.9 Å². The molecule has 1 atom stereocenters. The molecule has 0 bridgehead atoms. The zero-order valence-electron chi connectivity index (χ0n) is 10.9. The van der Waals surface area contributed by atoms with Crippen molar-refractivity contribution in [1.29, 1.82) is 0 Å². The highest BCUT2D eigenvalue weighted by molar-refractivity contribution is 9.10. The summed E-state index contributed by atoms with van der Waals surface area (Å²) in [6.07, 6.45) is 1.93. The SMILES string of the molecule is COc1ccc(C(Cc2cccc(Br)c2)C(=O)O)nc1. The molecule has 1 aromatic heterocycles. The Labute approximate surface area is 125 Å². The third-order valence-corrected chi connectivity index (χ3v) is 3.47. The number of pyridine rings is 1. The zero-order valence-corrected chi connectivity index (χ0v) is 12.5. The van der Waals surface area contributed by atoms with Gasteiger partial charge in [0, 0.05) is 4.47 Å². The lowest BCUT2D eigenvalue weighted by atomic mass is 9.96. The van der Waals surface area contributed by atoms with E-state index in [1.807, 2.05) is 24.3 Å². The number of ether oxygens (including phenoxy) is 1. The monoisotopic (exact) mass is 335 g/mol. The van der Waals surface area contributed by atoms with Crippen LogP contribution in [0.5, 0.6) is 5.75 Å². The molecule has 0 fully saturated rings. The molecule has 0 spiro atoms. The number of methoxy groups -OCH3 is 1. The van der Waals surface area contributed by atoms with E-state index in [1.54, 1.807) is 19.2 Å². The van der Waals surface area contributed by atoms with Crippen molar-refractivity contribution >= 4 is 21.9 Å². The van der Waals surface area contributed by atoms with Gasteiger partial charge >= 0.3 is 5.97 Å². The first-order valence-corrected chi connectivity index (χ1v) is 6.86. The number of aliphatic carboxylic acids is 1. The van der Waals surface area contributed by atoms with E-state index >= 15 is 0 Å². The Morgan fingerprint density at radius 1 is 1.40 bits per heavy atom. The van der Waals surface area contributed by atoms with Crippen LogP contribution >= 0.6 is 15.9 Å². The summed E-state index contributed by atoms with van der Waals surface area (Å²) in [6, 6.07) is 11.0. The van der Waals surface area contributed by atoms with E-state index in [-0.39, 0.29) is 0 Å². The Balaban J connectivity index is 2.24. The molecule has 0 saturated carbocycles. The summed E-state index contributed by atoms with van der Waals surface area (Å²) in [5.41, 5.74) is 1.47. The fourth-order valence-corrected chi connectivity index (χ4v) is 2.38. The summed E-state index contributed by atoms with van der Waals surface area (Å²) >= 11 is 3.38. The molecular weight excluding hydrogens is 322 g/mol. The molecule has 1 heterocycles. The lowest BCUT2D eigenvalue weighted by molar-refractivity contribution is -0.138. The number of carbonyl (C=O) groups is 1. The highest BCUT2D eigenvalue weighted by Crippen LogP contribution is 2.23. The first-order chi connectivity index (χ1) is 9.60. The number of carboxylic acids is 1. The molecule has 20 heavy (non-hydrogen) atoms. The fraction of sp³-hybridized carbons (Fsp3) is 0.200. The third kappa shape index (κ3) is 3.57. The number of halogens is 1. The van der Waals surface area contributed by atoms with Crippen molar-refractivity contribution < 1.29 is 14.6 Å². The molecule has 2 aromatic rings. The molecule has 4 nitrogen and oxygen atoms in total. The highest BCUT2D eigenvalue weighted by Gasteiger charge is 2.21. The number of rotatable bonds is 5. The second kappa shape index (κ2) is 6.52. The van der Waals surface area contributed by atoms with Gasteiger partial charge < -0.3 is 9.84 Å². The highest BCUT2D eigenvalue weighted by atomic mass is 79.9. The van der Waals surface area contributed by atoms with Crippen LogP contribution in [0.2, 0.25) is 0 Å². The topological polar surface area (TPSA) is 59.4 Å². The number of aromatic nitrogens is 1. The summed E-state index contributed by atoms with van der Waals surface area (Å²) in [4.78, 5) is 15.6. The molecule has 2 rings (SSSR count). The molecule has 0 amide bonds. The Kier molecular flexibility index (Phi) is 4.74. The molecule has 1 N–H and O–H groups in total. The molecule has 0 saturated heterocycles. The molecule has 5 heteroatoms. The van der Waals surface area contributed by atoms with Crippen LogP contribution in [0.1, 0.15) is 17.2 Å². The van der Waals surface area contributed by atoms with Gasteiger partial charge in [-0.3, -0.25) is 9.78 Å². The Bertz CT molecular complexity index is 598. The van der Waals surface area contributed by atoms with Crippen LogP contribution in [0, 0.1) is 0 Å². The first kappa shape index (κ1) is 14.5. The number of carboxylic acid groups (broad SMARTS) is 1. The predicted molar refractivity (Wildman–Crippen MR) is 79.0 cm³/mol. The van der Waals surface area contributed by atoms with Crippen molar-refractivity contribution in [2.45, 2.75) is 12.3 Å². The minimum atomic E-state index is -0.886. The predicted octanol–water partition coefficient (Wildman–Crippen LogP) is 3.26. The summed E-state index contributed by atoms with van der Waals surface area (Å²) in [6.45, 7) is 0. The molecule has 1 unspecified atom stereocenters. The number of nitrogens with zero attached hydrogens (tertiary/aromatic N) is 1. The van der Waals surface area contributed by atoms with E-state index in [4.69, 9.17) is 4.74 Å². The smallest absolute Gasteiger partial charge is 0.312 e. The van der Waals surface area contributed by atoms with Crippen molar-refractivity contribution in [3.05, 3.63) is 58.3 Å². The number of hydrogen-bond donors (Lipinski definition) is 1. The van der Waals surface area contributed by atoms with Crippen molar-refractivity contribution in [3.63, 3.8) is 0 Å². The van der Waals surface area contributed by atoms with Gasteiger partial charge in [-0.15, -0.1) is 0 Å². The molecule has 0 radical (unpaired) electrons. The van der Waals surface area contributed by atoms with Crippen LogP contribution in [0.15, 0.2) is 47.1 Å². The first-order valence-electron chi connectivity index (χ1n) is 6.07. The molecule has 0 aliphatic heterocycles. The van der Waals surface area contributed by atoms with E-state index in [9.17, 15) is 9.90 Å². The van der Waals surface area contributed by atoms with Crippen molar-refractivity contribution in [3.8, 4) is 5.75 Å². The fourth-order valence-electron chi connectivity index (χ4n) is 1.94. The van der Waals surface area contributed by atoms with Gasteiger partial charge in [-0.25, -0.2) is 0 Å². The quantitative estimate of drug-likeness (QED) is 0.910. The molecule has 0 aliphatic carbocycles. The second-order valence-corrected chi connectivity index (χ2v) is 5.26. The summed E-state index contributed by atoms with van der Waals surface area (Å²) < 4.78 is 5.96. The Morgan fingerprint density at radius 2 is 2.20 bits per heavy atom. The standard InChI is InChI=1S/C15H14BrNO3/c1-20-12-5-6-14(17-9-12)13(15(18)19)8-10-3-2-4-11(16)7-10/h2-7,9,13H,8H2,1H3,(H,18,19). The molecule has 0 aliphatic rings. The van der Waals surface area contributed by atoms with Crippen molar-refractivity contribution in [2.24, 2.45) is 0 Å². The zero-order chi connectivity index (χ0) is 14.5. The minimum Gasteiger partial charge on any atom is -0.495 e. The van der Waals surface area contributed by atoms with Crippen molar-refractivity contribution in [1.82, 2.24) is 4.98 Å². The van der Waals surface area contributed by atoms with E-state index in [0.717, 1.165) is 10.0 Å². The maximum atomic E-state index is 11.5. The maximum Gasteiger partial charge on any atom is 0.312 e. The van der Waals surface area contributed by atoms with Crippen LogP contribution in [0.4, 0.5) is 0 Å². The van der Waals surface area contributed by atoms with Crippen molar-refractivity contribution in [2.75, 3.05) is 7.11 Å². The average molecular weight is 336 g/mol. The van der Waals surface area contributed by atoms with Crippen LogP contribution in [-0.4, -0.2) is 23.2 Å². The lowest BCUT2D eigenvalue weighted by Gasteiger charge is -2.12. The number of hydrogen-bond acceptors (Lipinski definition) is 3. The van der Waals surface area contributed by atoms with Gasteiger partial charge in [0.25, 0.3) is 0 Å². The van der Waals surface area contributed by atoms with Crippen LogP contribution < -0.4 is 4.74 Å². The lowest BCUT2D eigenvalue weighted by Crippen LogP contribution is -2.15. The van der Waals surface area contributed by atoms with Gasteiger partial charge in [-0.05, 0) is 36.2 Å². The maximum absolute atomic E-state index is 11.5. The van der Waals surface area contributed by atoms with E-state index in [1.165, 1.54) is 6.20 Å². The molecular formula is C15H14BrNO3. The second-order valence-electron chi connectivity index (χ2n) is 4.35. The summed E-state index contributed by atoms with van der Waals surface area (Å²) in [5, 5.41) is 9.40. The van der Waals surface area contributed by atoms with Gasteiger partial charge in [-0.1, -0.05) is 28.1 Å². The largest absolute Gasteiger partial charge is 0.495 e. The molecule has 104 valence electrons. The van der Waals surface area contributed by atoms with E-state index in [0.29, 0.717) is 17.9 Å². The van der Waals surface area contributed by atoms with Gasteiger partial charge in [0.2, 0.25) is 0 Å². The van der Waals surface area contributed by atoms with Crippen LogP contribution in [-0.2, 0) is 11.2 Å². The minimum absolute atomic E-state index is 0.397. The van der Waals surface area contributed by atoms with Crippen LogP contribution in [0.25, 0.3) is 0 Å². The number of benzene rings is 1. The van der Waals surface area contributed by atoms with Crippen LogP contribution in [0.3, 0.4) is 0 Å². The summed E-state index contributed by atoms with van der Waals surface area (Å²) in [7, 11) is 1.55. The third-order valence-electron chi connectivity index (χ3n) is 2.98. The van der Waals surface area contributed by atoms with Gasteiger partial charge in [0.05, 0.1) is 19.0 Å². The van der Waals surface area contributed by atoms with Gasteiger partial charge in [-0.2, -0.15) is 0 Å². The Hall–Kier alpha value is -1.88. The summed E-state index contributed by atoms with van der Waals surface area (Å²) in [5.74, 6) is -0.946.